The molecule has 3 rings (SSSR count). The SMILES string of the molecule is O=C(NCc1[nH]nc2ncccc12)c1cc(C(F)F)[nH]n1. The lowest BCUT2D eigenvalue weighted by Crippen LogP contribution is -2.23. The molecule has 3 heterocycles. The molecule has 7 nitrogen and oxygen atoms in total. The van der Waals surface area contributed by atoms with Crippen LogP contribution in [0, 0.1) is 0 Å². The van der Waals surface area contributed by atoms with Crippen molar-refractivity contribution in [3.63, 3.8) is 0 Å². The predicted molar refractivity (Wildman–Crippen MR) is 68.6 cm³/mol. The van der Waals surface area contributed by atoms with Crippen LogP contribution in [0.5, 0.6) is 0 Å². The lowest BCUT2D eigenvalue weighted by Gasteiger charge is -2.01. The van der Waals surface area contributed by atoms with Gasteiger partial charge in [0.05, 0.1) is 12.2 Å². The number of halogens is 2. The number of fused-ring (bicyclic) bond motifs is 1. The van der Waals surface area contributed by atoms with Gasteiger partial charge in [0.1, 0.15) is 11.4 Å². The van der Waals surface area contributed by atoms with Crippen molar-refractivity contribution in [2.45, 2.75) is 13.0 Å². The summed E-state index contributed by atoms with van der Waals surface area (Å²) in [4.78, 5) is 15.9. The van der Waals surface area contributed by atoms with Gasteiger partial charge in [0.2, 0.25) is 0 Å². The normalized spacial score (nSPS) is 11.2. The maximum absolute atomic E-state index is 12.4. The Labute approximate surface area is 116 Å². The van der Waals surface area contributed by atoms with Gasteiger partial charge in [0, 0.05) is 11.6 Å². The highest BCUT2D eigenvalue weighted by atomic mass is 19.3. The van der Waals surface area contributed by atoms with E-state index in [-0.39, 0.29) is 12.2 Å². The average Bonchev–Trinajstić information content (AvgIpc) is 3.12. The third-order valence-electron chi connectivity index (χ3n) is 2.90. The minimum atomic E-state index is -2.69. The van der Waals surface area contributed by atoms with Crippen molar-refractivity contribution in [3.05, 3.63) is 41.5 Å². The molecule has 108 valence electrons. The summed E-state index contributed by atoms with van der Waals surface area (Å²) in [7, 11) is 0. The largest absolute Gasteiger partial charge is 0.345 e. The molecular formula is C12H10F2N6O. The number of amides is 1. The molecule has 21 heavy (non-hydrogen) atoms. The van der Waals surface area contributed by atoms with Gasteiger partial charge in [-0.1, -0.05) is 0 Å². The van der Waals surface area contributed by atoms with Crippen LogP contribution >= 0.6 is 0 Å². The Balaban J connectivity index is 1.70. The fourth-order valence-electron chi connectivity index (χ4n) is 1.86. The number of carbonyl (C=O) groups excluding carboxylic acids is 1. The number of nitrogens with zero attached hydrogens (tertiary/aromatic N) is 3. The molecule has 0 saturated heterocycles. The zero-order valence-corrected chi connectivity index (χ0v) is 10.6. The van der Waals surface area contributed by atoms with Crippen molar-refractivity contribution in [2.24, 2.45) is 0 Å². The topological polar surface area (TPSA) is 99.4 Å². The zero-order valence-electron chi connectivity index (χ0n) is 10.6. The van der Waals surface area contributed by atoms with E-state index in [9.17, 15) is 13.6 Å². The summed E-state index contributed by atoms with van der Waals surface area (Å²) >= 11 is 0. The second-order valence-corrected chi connectivity index (χ2v) is 4.27. The van der Waals surface area contributed by atoms with E-state index in [1.54, 1.807) is 12.3 Å². The van der Waals surface area contributed by atoms with E-state index in [2.05, 4.69) is 30.7 Å². The highest BCUT2D eigenvalue weighted by Crippen LogP contribution is 2.16. The summed E-state index contributed by atoms with van der Waals surface area (Å²) < 4.78 is 24.8. The van der Waals surface area contributed by atoms with E-state index >= 15 is 0 Å². The number of alkyl halides is 2. The second kappa shape index (κ2) is 5.27. The molecule has 3 aromatic rings. The minimum Gasteiger partial charge on any atom is -0.345 e. The summed E-state index contributed by atoms with van der Waals surface area (Å²) in [5.41, 5.74) is 0.737. The Morgan fingerprint density at radius 2 is 2.19 bits per heavy atom. The van der Waals surface area contributed by atoms with Crippen LogP contribution < -0.4 is 5.32 Å². The number of aromatic amines is 2. The van der Waals surface area contributed by atoms with Gasteiger partial charge in [-0.2, -0.15) is 10.2 Å². The van der Waals surface area contributed by atoms with E-state index in [4.69, 9.17) is 0 Å². The maximum Gasteiger partial charge on any atom is 0.279 e. The van der Waals surface area contributed by atoms with Gasteiger partial charge in [-0.25, -0.2) is 13.8 Å². The van der Waals surface area contributed by atoms with Gasteiger partial charge in [-0.3, -0.25) is 15.0 Å². The molecule has 0 bridgehead atoms. The van der Waals surface area contributed by atoms with Gasteiger partial charge in [-0.05, 0) is 18.2 Å². The van der Waals surface area contributed by atoms with Crippen molar-refractivity contribution in [2.75, 3.05) is 0 Å². The lowest BCUT2D eigenvalue weighted by molar-refractivity contribution is 0.0945. The Bertz CT molecular complexity index is 781. The predicted octanol–water partition coefficient (Wildman–Crippen LogP) is 1.55. The molecular weight excluding hydrogens is 282 g/mol. The quantitative estimate of drug-likeness (QED) is 0.679. The molecule has 0 atom stereocenters. The van der Waals surface area contributed by atoms with Crippen molar-refractivity contribution >= 4 is 16.9 Å². The fraction of sp³-hybridized carbons (Fsp3) is 0.167. The van der Waals surface area contributed by atoms with Crippen molar-refractivity contribution < 1.29 is 13.6 Å². The van der Waals surface area contributed by atoms with Gasteiger partial charge < -0.3 is 5.32 Å². The summed E-state index contributed by atoms with van der Waals surface area (Å²) in [5.74, 6) is -0.551. The van der Waals surface area contributed by atoms with Crippen LogP contribution in [0.25, 0.3) is 11.0 Å². The Kier molecular flexibility index (Phi) is 3.30. The van der Waals surface area contributed by atoms with Crippen LogP contribution in [0.2, 0.25) is 0 Å². The van der Waals surface area contributed by atoms with E-state index < -0.39 is 18.0 Å². The Morgan fingerprint density at radius 3 is 2.95 bits per heavy atom. The van der Waals surface area contributed by atoms with Crippen molar-refractivity contribution in [3.8, 4) is 0 Å². The molecule has 1 amide bonds. The number of hydrogen-bond acceptors (Lipinski definition) is 4. The third kappa shape index (κ3) is 2.57. The monoisotopic (exact) mass is 292 g/mol. The van der Waals surface area contributed by atoms with E-state index in [1.807, 2.05) is 6.07 Å². The molecule has 0 aliphatic rings. The molecule has 0 radical (unpaired) electrons. The molecule has 0 fully saturated rings. The van der Waals surface area contributed by atoms with Crippen LogP contribution in [0.3, 0.4) is 0 Å². The summed E-state index contributed by atoms with van der Waals surface area (Å²) in [6.45, 7) is 0.165. The number of nitrogens with one attached hydrogen (secondary N) is 3. The minimum absolute atomic E-state index is 0.0905. The summed E-state index contributed by atoms with van der Waals surface area (Å²) in [6, 6.07) is 4.59. The average molecular weight is 292 g/mol. The number of pyridine rings is 1. The number of H-pyrrole nitrogens is 2. The van der Waals surface area contributed by atoms with Gasteiger partial charge in [-0.15, -0.1) is 0 Å². The number of aromatic nitrogens is 5. The van der Waals surface area contributed by atoms with Crippen LogP contribution in [0.4, 0.5) is 8.78 Å². The van der Waals surface area contributed by atoms with Crippen LogP contribution in [-0.2, 0) is 6.54 Å². The summed E-state index contributed by atoms with van der Waals surface area (Å²) in [6.07, 6.45) is -1.08. The first-order valence-corrected chi connectivity index (χ1v) is 6.05. The molecule has 0 saturated carbocycles. The third-order valence-corrected chi connectivity index (χ3v) is 2.90. The molecule has 9 heteroatoms. The number of rotatable bonds is 4. The molecule has 0 unspecified atom stereocenters. The molecule has 0 aliphatic carbocycles. The van der Waals surface area contributed by atoms with Gasteiger partial charge >= 0.3 is 0 Å². The Hall–Kier alpha value is -2.84. The highest BCUT2D eigenvalue weighted by Gasteiger charge is 2.16. The smallest absolute Gasteiger partial charge is 0.279 e. The zero-order chi connectivity index (χ0) is 14.8. The van der Waals surface area contributed by atoms with Gasteiger partial charge in [0.15, 0.2) is 5.65 Å². The Morgan fingerprint density at radius 1 is 1.33 bits per heavy atom. The van der Waals surface area contributed by atoms with Crippen LogP contribution in [0.15, 0.2) is 24.4 Å². The molecule has 0 aromatic carbocycles. The summed E-state index contributed by atoms with van der Waals surface area (Å²) in [5, 5.41) is 15.8. The first-order chi connectivity index (χ1) is 10.1. The molecule has 3 aromatic heterocycles. The maximum atomic E-state index is 12.4. The molecule has 3 N–H and O–H groups in total. The second-order valence-electron chi connectivity index (χ2n) is 4.27. The van der Waals surface area contributed by atoms with E-state index in [0.717, 1.165) is 11.5 Å². The molecule has 0 aliphatic heterocycles. The molecule has 0 spiro atoms. The number of hydrogen-bond donors (Lipinski definition) is 3. The van der Waals surface area contributed by atoms with Gasteiger partial charge in [0.25, 0.3) is 12.3 Å². The van der Waals surface area contributed by atoms with E-state index in [1.165, 1.54) is 0 Å². The first kappa shape index (κ1) is 13.2. The lowest BCUT2D eigenvalue weighted by atomic mass is 10.2. The fourth-order valence-corrected chi connectivity index (χ4v) is 1.86. The van der Waals surface area contributed by atoms with Crippen molar-refractivity contribution in [1.82, 2.24) is 30.7 Å². The number of carbonyl (C=O) groups is 1. The van der Waals surface area contributed by atoms with Crippen LogP contribution in [0.1, 0.15) is 28.3 Å². The standard InChI is InChI=1S/C12H10F2N6O/c13-10(14)7-4-8(18-17-7)12(21)16-5-9-6-2-1-3-15-11(6)20-19-9/h1-4,10H,5H2,(H,16,21)(H,17,18)(H,15,19,20). The highest BCUT2D eigenvalue weighted by molar-refractivity contribution is 5.92. The van der Waals surface area contributed by atoms with E-state index in [0.29, 0.717) is 11.3 Å². The first-order valence-electron chi connectivity index (χ1n) is 6.05. The van der Waals surface area contributed by atoms with Crippen LogP contribution in [-0.4, -0.2) is 31.3 Å². The van der Waals surface area contributed by atoms with Crippen molar-refractivity contribution in [1.29, 1.82) is 0 Å².